The minimum Gasteiger partial charge on any atom is -0.362 e. The molecule has 2 nitrogen and oxygen atoms in total. The molecule has 0 bridgehead atoms. The molecule has 33 heavy (non-hydrogen) atoms. The third-order valence-corrected chi connectivity index (χ3v) is 6.34. The van der Waals surface area contributed by atoms with Crippen molar-refractivity contribution in [3.05, 3.63) is 139 Å². The van der Waals surface area contributed by atoms with E-state index in [9.17, 15) is 0 Å². The van der Waals surface area contributed by atoms with Gasteiger partial charge in [0, 0.05) is 22.7 Å². The molecule has 2 heterocycles. The van der Waals surface area contributed by atoms with Gasteiger partial charge in [-0.1, -0.05) is 96.5 Å². The van der Waals surface area contributed by atoms with Crippen LogP contribution in [0.15, 0.2) is 133 Å². The zero-order valence-electron chi connectivity index (χ0n) is 18.2. The first-order valence-corrected chi connectivity index (χ1v) is 11.3. The lowest BCUT2D eigenvalue weighted by Crippen LogP contribution is -2.52. The summed E-state index contributed by atoms with van der Waals surface area (Å²) in [5, 5.41) is 3.52. The van der Waals surface area contributed by atoms with E-state index in [1.165, 1.54) is 39.0 Å². The molecular weight excluding hydrogens is 399 g/mol. The molecule has 0 fully saturated rings. The number of benzene rings is 4. The molecule has 6 rings (SSSR count). The average molecular weight is 422 g/mol. The highest BCUT2D eigenvalue weighted by Crippen LogP contribution is 2.37. The number of anilines is 4. The van der Waals surface area contributed by atoms with Gasteiger partial charge in [0.05, 0.1) is 0 Å². The second-order valence-electron chi connectivity index (χ2n) is 8.32. The first-order chi connectivity index (χ1) is 16.4. The van der Waals surface area contributed by atoms with Crippen LogP contribution >= 0.6 is 0 Å². The van der Waals surface area contributed by atoms with Crippen molar-refractivity contribution >= 4 is 46.5 Å². The van der Waals surface area contributed by atoms with Gasteiger partial charge < -0.3 is 10.2 Å². The Hall–Kier alpha value is -4.24. The molecule has 0 radical (unpaired) electrons. The quantitative estimate of drug-likeness (QED) is 0.396. The molecule has 2 aliphatic heterocycles. The molecule has 0 atom stereocenters. The topological polar surface area (TPSA) is 15.3 Å². The van der Waals surface area contributed by atoms with Crippen LogP contribution in [-0.4, -0.2) is 6.71 Å². The molecule has 0 unspecified atom stereocenters. The van der Waals surface area contributed by atoms with Gasteiger partial charge in [0.25, 0.3) is 0 Å². The maximum Gasteiger partial charge on any atom is 0.249 e. The molecular formula is C30H23BN2. The zero-order valence-corrected chi connectivity index (χ0v) is 18.2. The minimum absolute atomic E-state index is 0.129. The molecule has 0 aromatic heterocycles. The van der Waals surface area contributed by atoms with E-state index in [2.05, 4.69) is 138 Å². The number of rotatable bonds is 3. The van der Waals surface area contributed by atoms with Crippen molar-refractivity contribution in [2.45, 2.75) is 0 Å². The molecule has 0 spiro atoms. The Bertz CT molecular complexity index is 1390. The van der Waals surface area contributed by atoms with E-state index in [1.807, 2.05) is 6.07 Å². The Kier molecular flexibility index (Phi) is 4.93. The standard InChI is InChI=1S/C30H23BN2/c1-3-15-25(16-4-1)32-22-24-14-8-7-12-23-13-11-21-29-30(23)31(24)27-19-9-10-20-28(27)33(29)26-17-5-2-6-18-26/h1-22,32H/b12-7?,14-8?,24-22-. The number of hydrogen-bond donors (Lipinski definition) is 1. The Morgan fingerprint density at radius 2 is 1.33 bits per heavy atom. The van der Waals surface area contributed by atoms with Crippen LogP contribution < -0.4 is 21.1 Å². The Morgan fingerprint density at radius 1 is 0.636 bits per heavy atom. The second kappa shape index (κ2) is 8.36. The van der Waals surface area contributed by atoms with Crippen molar-refractivity contribution in [2.75, 3.05) is 10.2 Å². The van der Waals surface area contributed by atoms with Crippen LogP contribution in [0.3, 0.4) is 0 Å². The normalized spacial score (nSPS) is 15.0. The summed E-state index contributed by atoms with van der Waals surface area (Å²) >= 11 is 0. The lowest BCUT2D eigenvalue weighted by atomic mass is 9.33. The van der Waals surface area contributed by atoms with Crippen molar-refractivity contribution in [1.29, 1.82) is 0 Å². The van der Waals surface area contributed by atoms with Crippen LogP contribution in [0.2, 0.25) is 0 Å². The SMILES string of the molecule is C1=C/C(=C/Nc2ccccc2)B2c3ccccc3N(c3ccccc3)c3cccc(c32)C=C1. The zero-order chi connectivity index (χ0) is 22.0. The van der Waals surface area contributed by atoms with Gasteiger partial charge in [-0.2, -0.15) is 0 Å². The second-order valence-corrected chi connectivity index (χ2v) is 8.32. The van der Waals surface area contributed by atoms with Gasteiger partial charge in [0.1, 0.15) is 0 Å². The lowest BCUT2D eigenvalue weighted by molar-refractivity contribution is 1.29. The molecule has 0 aliphatic carbocycles. The molecule has 2 aliphatic rings. The van der Waals surface area contributed by atoms with Crippen LogP contribution in [0.25, 0.3) is 6.08 Å². The third-order valence-electron chi connectivity index (χ3n) is 6.34. The lowest BCUT2D eigenvalue weighted by Gasteiger charge is -2.38. The predicted molar refractivity (Wildman–Crippen MR) is 142 cm³/mol. The number of hydrogen-bond acceptors (Lipinski definition) is 2. The van der Waals surface area contributed by atoms with E-state index in [1.54, 1.807) is 0 Å². The minimum atomic E-state index is 0.129. The summed E-state index contributed by atoms with van der Waals surface area (Å²) < 4.78 is 0. The van der Waals surface area contributed by atoms with E-state index in [-0.39, 0.29) is 6.71 Å². The van der Waals surface area contributed by atoms with E-state index >= 15 is 0 Å². The summed E-state index contributed by atoms with van der Waals surface area (Å²) in [4.78, 5) is 2.39. The maximum atomic E-state index is 3.52. The molecule has 0 amide bonds. The van der Waals surface area contributed by atoms with E-state index < -0.39 is 0 Å². The van der Waals surface area contributed by atoms with Crippen molar-refractivity contribution in [1.82, 2.24) is 0 Å². The fourth-order valence-electron chi connectivity index (χ4n) is 4.90. The van der Waals surface area contributed by atoms with Crippen molar-refractivity contribution in [3.63, 3.8) is 0 Å². The van der Waals surface area contributed by atoms with Crippen LogP contribution in [-0.2, 0) is 0 Å². The fourth-order valence-corrected chi connectivity index (χ4v) is 4.90. The number of nitrogens with zero attached hydrogens (tertiary/aromatic N) is 1. The highest BCUT2D eigenvalue weighted by Gasteiger charge is 2.37. The highest BCUT2D eigenvalue weighted by atomic mass is 15.1. The van der Waals surface area contributed by atoms with Crippen molar-refractivity contribution in [3.8, 4) is 0 Å². The van der Waals surface area contributed by atoms with Gasteiger partial charge in [0.15, 0.2) is 0 Å². The number of allylic oxidation sites excluding steroid dienone is 4. The van der Waals surface area contributed by atoms with Gasteiger partial charge in [0.2, 0.25) is 6.71 Å². The number of nitrogens with one attached hydrogen (secondary N) is 1. The molecule has 3 heteroatoms. The summed E-state index contributed by atoms with van der Waals surface area (Å²) in [5.41, 5.74) is 9.84. The summed E-state index contributed by atoms with van der Waals surface area (Å²) in [6, 6.07) is 36.4. The van der Waals surface area contributed by atoms with Gasteiger partial charge in [-0.15, -0.1) is 0 Å². The first kappa shape index (κ1) is 19.5. The summed E-state index contributed by atoms with van der Waals surface area (Å²) in [7, 11) is 0. The Labute approximate surface area is 195 Å². The van der Waals surface area contributed by atoms with Crippen LogP contribution in [0.4, 0.5) is 22.7 Å². The molecule has 4 aromatic rings. The van der Waals surface area contributed by atoms with E-state index in [4.69, 9.17) is 0 Å². The number of fused-ring (bicyclic) bond motifs is 2. The summed E-state index contributed by atoms with van der Waals surface area (Å²) in [5.74, 6) is 0. The molecule has 156 valence electrons. The van der Waals surface area contributed by atoms with Gasteiger partial charge >= 0.3 is 0 Å². The smallest absolute Gasteiger partial charge is 0.249 e. The van der Waals surface area contributed by atoms with E-state index in [0.29, 0.717) is 0 Å². The van der Waals surface area contributed by atoms with Crippen molar-refractivity contribution in [2.24, 2.45) is 0 Å². The Balaban J connectivity index is 1.58. The van der Waals surface area contributed by atoms with E-state index in [0.717, 1.165) is 5.69 Å². The van der Waals surface area contributed by atoms with Gasteiger partial charge in [-0.05, 0) is 59.1 Å². The Morgan fingerprint density at radius 3 is 2.18 bits per heavy atom. The summed E-state index contributed by atoms with van der Waals surface area (Å²) in [6.45, 7) is 0.129. The molecule has 0 saturated carbocycles. The maximum absolute atomic E-state index is 3.52. The first-order valence-electron chi connectivity index (χ1n) is 11.3. The van der Waals surface area contributed by atoms with Crippen LogP contribution in [0.5, 0.6) is 0 Å². The third kappa shape index (κ3) is 3.48. The van der Waals surface area contributed by atoms with Gasteiger partial charge in [-0.3, -0.25) is 0 Å². The summed E-state index contributed by atoms with van der Waals surface area (Å²) in [6.07, 6.45) is 10.9. The highest BCUT2D eigenvalue weighted by molar-refractivity contribution is 6.94. The predicted octanol–water partition coefficient (Wildman–Crippen LogP) is 6.20. The average Bonchev–Trinajstić information content (AvgIpc) is 2.87. The van der Waals surface area contributed by atoms with Crippen LogP contribution in [0.1, 0.15) is 5.56 Å². The van der Waals surface area contributed by atoms with Gasteiger partial charge in [-0.25, -0.2) is 0 Å². The molecule has 4 aromatic carbocycles. The molecule has 1 N–H and O–H groups in total. The number of para-hydroxylation sites is 3. The fraction of sp³-hybridized carbons (Fsp3) is 0. The molecule has 0 saturated heterocycles. The van der Waals surface area contributed by atoms with Crippen LogP contribution in [0, 0.1) is 0 Å². The largest absolute Gasteiger partial charge is 0.362 e. The monoisotopic (exact) mass is 422 g/mol. The van der Waals surface area contributed by atoms with Crippen molar-refractivity contribution < 1.29 is 0 Å².